The van der Waals surface area contributed by atoms with Gasteiger partial charge in [0.1, 0.15) is 11.4 Å². The number of benzene rings is 1. The van der Waals surface area contributed by atoms with Crippen LogP contribution in [0.5, 0.6) is 0 Å². The van der Waals surface area contributed by atoms with Crippen molar-refractivity contribution in [1.82, 2.24) is 0 Å². The fourth-order valence-electron chi connectivity index (χ4n) is 2.17. The van der Waals surface area contributed by atoms with Crippen molar-refractivity contribution >= 4 is 11.8 Å². The van der Waals surface area contributed by atoms with Crippen molar-refractivity contribution in [2.24, 2.45) is 5.73 Å². The number of ether oxygens (including phenoxy) is 1. The normalized spacial score (nSPS) is 16.6. The Hall–Kier alpha value is -1.62. The first-order chi connectivity index (χ1) is 9.26. The number of halogens is 1. The second-order valence-corrected chi connectivity index (χ2v) is 6.31. The smallest absolute Gasteiger partial charge is 0.412 e. The van der Waals surface area contributed by atoms with Crippen molar-refractivity contribution in [3.8, 4) is 0 Å². The Balaban J connectivity index is 2.14. The van der Waals surface area contributed by atoms with Crippen LogP contribution in [0.3, 0.4) is 0 Å². The first kappa shape index (κ1) is 14.8. The molecular formula is C15H21FN2O2. The topological polar surface area (TPSA) is 64.3 Å². The van der Waals surface area contributed by atoms with Gasteiger partial charge in [0.2, 0.25) is 0 Å². The summed E-state index contributed by atoms with van der Waals surface area (Å²) in [5.74, 6) is -0.275. The Morgan fingerprint density at radius 3 is 2.60 bits per heavy atom. The van der Waals surface area contributed by atoms with Crippen LogP contribution in [0.1, 0.15) is 39.2 Å². The van der Waals surface area contributed by atoms with Crippen molar-refractivity contribution in [3.63, 3.8) is 0 Å². The molecule has 1 aromatic rings. The third-order valence-corrected chi connectivity index (χ3v) is 3.43. The summed E-state index contributed by atoms with van der Waals surface area (Å²) in [6, 6.07) is 4.53. The zero-order valence-corrected chi connectivity index (χ0v) is 12.1. The van der Waals surface area contributed by atoms with Crippen LogP contribution < -0.4 is 11.1 Å². The molecular weight excluding hydrogens is 259 g/mol. The summed E-state index contributed by atoms with van der Waals surface area (Å²) in [7, 11) is 0. The second kappa shape index (κ2) is 5.05. The van der Waals surface area contributed by atoms with Gasteiger partial charge in [0.05, 0.1) is 0 Å². The molecule has 2 rings (SSSR count). The van der Waals surface area contributed by atoms with E-state index < -0.39 is 11.7 Å². The van der Waals surface area contributed by atoms with Gasteiger partial charge in [0.15, 0.2) is 0 Å². The largest absolute Gasteiger partial charge is 0.444 e. The number of nitrogens with two attached hydrogens (primary N) is 1. The van der Waals surface area contributed by atoms with Gasteiger partial charge in [0, 0.05) is 17.6 Å². The van der Waals surface area contributed by atoms with Crippen LogP contribution in [-0.4, -0.2) is 18.2 Å². The first-order valence-electron chi connectivity index (χ1n) is 6.76. The molecule has 110 valence electrons. The Bertz CT molecular complexity index is 519. The molecule has 3 N–H and O–H groups in total. The third kappa shape index (κ3) is 3.28. The zero-order chi connectivity index (χ0) is 15.0. The van der Waals surface area contributed by atoms with E-state index in [-0.39, 0.29) is 11.2 Å². The Labute approximate surface area is 118 Å². The fraction of sp³-hybridized carbons (Fsp3) is 0.533. The summed E-state index contributed by atoms with van der Waals surface area (Å²) in [6.07, 6.45) is 1.22. The highest BCUT2D eigenvalue weighted by Crippen LogP contribution is 2.48. The quantitative estimate of drug-likeness (QED) is 0.894. The SMILES string of the molecule is CC(C)(C)OC(=O)Nc1ccc(F)c(C2(CN)CC2)c1. The molecule has 0 spiro atoms. The van der Waals surface area contributed by atoms with Crippen molar-refractivity contribution in [2.75, 3.05) is 11.9 Å². The van der Waals surface area contributed by atoms with Gasteiger partial charge in [0.25, 0.3) is 0 Å². The van der Waals surface area contributed by atoms with Gasteiger partial charge in [-0.1, -0.05) is 0 Å². The fourth-order valence-corrected chi connectivity index (χ4v) is 2.17. The molecule has 1 aliphatic rings. The molecule has 1 fully saturated rings. The highest BCUT2D eigenvalue weighted by atomic mass is 19.1. The van der Waals surface area contributed by atoms with E-state index in [1.54, 1.807) is 26.8 Å². The molecule has 1 aromatic carbocycles. The average Bonchev–Trinajstić information content (AvgIpc) is 3.10. The molecule has 0 aromatic heterocycles. The van der Waals surface area contributed by atoms with Gasteiger partial charge in [-0.15, -0.1) is 0 Å². The molecule has 0 aliphatic heterocycles. The molecule has 0 saturated heterocycles. The highest BCUT2D eigenvalue weighted by molar-refractivity contribution is 5.85. The van der Waals surface area contributed by atoms with E-state index in [9.17, 15) is 9.18 Å². The van der Waals surface area contributed by atoms with Crippen LogP contribution >= 0.6 is 0 Å². The van der Waals surface area contributed by atoms with E-state index in [2.05, 4.69) is 5.32 Å². The minimum absolute atomic E-state index is 0.254. The predicted molar refractivity (Wildman–Crippen MR) is 76.2 cm³/mol. The molecule has 0 radical (unpaired) electrons. The Morgan fingerprint density at radius 2 is 2.10 bits per heavy atom. The van der Waals surface area contributed by atoms with Gasteiger partial charge >= 0.3 is 6.09 Å². The van der Waals surface area contributed by atoms with Crippen molar-refractivity contribution in [2.45, 2.75) is 44.6 Å². The lowest BCUT2D eigenvalue weighted by molar-refractivity contribution is 0.0636. The van der Waals surface area contributed by atoms with E-state index in [1.807, 2.05) is 0 Å². The van der Waals surface area contributed by atoms with Crippen molar-refractivity contribution in [3.05, 3.63) is 29.6 Å². The molecule has 0 heterocycles. The Kier molecular flexibility index (Phi) is 3.73. The van der Waals surface area contributed by atoms with E-state index in [0.717, 1.165) is 12.8 Å². The van der Waals surface area contributed by atoms with Crippen molar-refractivity contribution in [1.29, 1.82) is 0 Å². The minimum atomic E-state index is -0.568. The lowest BCUT2D eigenvalue weighted by Crippen LogP contribution is -2.27. The number of carbonyl (C=O) groups excluding carboxylic acids is 1. The van der Waals surface area contributed by atoms with Gasteiger partial charge in [-0.2, -0.15) is 0 Å². The number of rotatable bonds is 3. The summed E-state index contributed by atoms with van der Waals surface area (Å²) in [5.41, 5.74) is 6.00. The van der Waals surface area contributed by atoms with Crippen LogP contribution in [0.15, 0.2) is 18.2 Å². The molecule has 20 heavy (non-hydrogen) atoms. The zero-order valence-electron chi connectivity index (χ0n) is 12.1. The van der Waals surface area contributed by atoms with E-state index in [4.69, 9.17) is 10.5 Å². The predicted octanol–water partition coefficient (Wildman–Crippen LogP) is 3.16. The standard InChI is InChI=1S/C15H21FN2O2/c1-14(2,3)20-13(19)18-10-4-5-12(16)11(8-10)15(9-17)6-7-15/h4-5,8H,6-7,9,17H2,1-3H3,(H,18,19). The second-order valence-electron chi connectivity index (χ2n) is 6.31. The first-order valence-corrected chi connectivity index (χ1v) is 6.76. The lowest BCUT2D eigenvalue weighted by Gasteiger charge is -2.20. The molecule has 1 saturated carbocycles. The van der Waals surface area contributed by atoms with E-state index >= 15 is 0 Å². The molecule has 5 heteroatoms. The maximum absolute atomic E-state index is 13.9. The van der Waals surface area contributed by atoms with Crippen LogP contribution in [0.25, 0.3) is 0 Å². The summed E-state index contributed by atoms with van der Waals surface area (Å²) >= 11 is 0. The lowest BCUT2D eigenvalue weighted by atomic mass is 9.95. The van der Waals surface area contributed by atoms with Crippen LogP contribution in [-0.2, 0) is 10.2 Å². The highest BCUT2D eigenvalue weighted by Gasteiger charge is 2.44. The van der Waals surface area contributed by atoms with Crippen LogP contribution in [0.4, 0.5) is 14.9 Å². The minimum Gasteiger partial charge on any atom is -0.444 e. The molecule has 1 amide bonds. The summed E-state index contributed by atoms with van der Waals surface area (Å²) in [4.78, 5) is 11.7. The number of amides is 1. The van der Waals surface area contributed by atoms with Crippen LogP contribution in [0, 0.1) is 5.82 Å². The van der Waals surface area contributed by atoms with Gasteiger partial charge in [-0.05, 0) is 57.4 Å². The molecule has 4 nitrogen and oxygen atoms in total. The van der Waals surface area contributed by atoms with E-state index in [0.29, 0.717) is 17.8 Å². The summed E-state index contributed by atoms with van der Waals surface area (Å²) in [5, 5.41) is 2.62. The number of carbonyl (C=O) groups is 1. The number of anilines is 1. The van der Waals surface area contributed by atoms with Crippen molar-refractivity contribution < 1.29 is 13.9 Å². The van der Waals surface area contributed by atoms with Gasteiger partial charge in [-0.25, -0.2) is 9.18 Å². The monoisotopic (exact) mass is 280 g/mol. The molecule has 1 aliphatic carbocycles. The summed E-state index contributed by atoms with van der Waals surface area (Å²) in [6.45, 7) is 5.78. The van der Waals surface area contributed by atoms with E-state index in [1.165, 1.54) is 12.1 Å². The molecule has 0 atom stereocenters. The summed E-state index contributed by atoms with van der Waals surface area (Å²) < 4.78 is 19.1. The Morgan fingerprint density at radius 1 is 1.45 bits per heavy atom. The molecule has 0 unspecified atom stereocenters. The number of nitrogens with one attached hydrogen (secondary N) is 1. The van der Waals surface area contributed by atoms with Crippen LogP contribution in [0.2, 0.25) is 0 Å². The third-order valence-electron chi connectivity index (χ3n) is 3.43. The van der Waals surface area contributed by atoms with Gasteiger partial charge in [-0.3, -0.25) is 5.32 Å². The molecule has 0 bridgehead atoms. The maximum Gasteiger partial charge on any atom is 0.412 e. The number of hydrogen-bond donors (Lipinski definition) is 2. The number of hydrogen-bond acceptors (Lipinski definition) is 3. The van der Waals surface area contributed by atoms with Gasteiger partial charge < -0.3 is 10.5 Å². The average molecular weight is 280 g/mol. The maximum atomic E-state index is 13.9.